The standard InChI is InChI=1S/C17H32N2O2/c1-9-10-11(2)19-13(17(6,7)8)14(20)18-12(15(19)21)16(3,4)5/h11-13H,9-10H2,1-8H3,(H,18,20). The van der Waals surface area contributed by atoms with Crippen LogP contribution in [0.4, 0.5) is 0 Å². The number of nitrogens with one attached hydrogen (secondary N) is 1. The van der Waals surface area contributed by atoms with Crippen LogP contribution < -0.4 is 5.32 Å². The van der Waals surface area contributed by atoms with Gasteiger partial charge in [-0.1, -0.05) is 54.9 Å². The molecule has 1 heterocycles. The molecule has 1 fully saturated rings. The molecule has 122 valence electrons. The molecule has 1 aliphatic rings. The highest BCUT2D eigenvalue weighted by Crippen LogP contribution is 2.34. The van der Waals surface area contributed by atoms with Crippen molar-refractivity contribution in [2.45, 2.75) is 86.4 Å². The smallest absolute Gasteiger partial charge is 0.246 e. The third kappa shape index (κ3) is 3.78. The first kappa shape index (κ1) is 18.0. The Labute approximate surface area is 129 Å². The first-order chi connectivity index (χ1) is 9.41. The second-order valence-corrected chi connectivity index (χ2v) is 8.46. The predicted octanol–water partition coefficient (Wildman–Crippen LogP) is 2.96. The van der Waals surface area contributed by atoms with E-state index < -0.39 is 12.1 Å². The summed E-state index contributed by atoms with van der Waals surface area (Å²) in [6.45, 7) is 16.2. The lowest BCUT2D eigenvalue weighted by atomic mass is 9.78. The molecule has 1 saturated heterocycles. The highest BCUT2D eigenvalue weighted by Gasteiger charge is 2.50. The zero-order valence-corrected chi connectivity index (χ0v) is 14.9. The highest BCUT2D eigenvalue weighted by molar-refractivity contribution is 5.98. The van der Waals surface area contributed by atoms with E-state index in [-0.39, 0.29) is 28.7 Å². The molecule has 2 amide bonds. The number of amides is 2. The van der Waals surface area contributed by atoms with E-state index in [1.54, 1.807) is 0 Å². The maximum atomic E-state index is 13.0. The number of nitrogens with zero attached hydrogens (tertiary/aromatic N) is 1. The maximum Gasteiger partial charge on any atom is 0.246 e. The van der Waals surface area contributed by atoms with Crippen LogP contribution >= 0.6 is 0 Å². The summed E-state index contributed by atoms with van der Waals surface area (Å²) in [6, 6.07) is -0.754. The van der Waals surface area contributed by atoms with Crippen molar-refractivity contribution >= 4 is 11.8 Å². The summed E-state index contributed by atoms with van der Waals surface area (Å²) in [5.74, 6) is 0.0351. The Bertz CT molecular complexity index is 404. The van der Waals surface area contributed by atoms with Gasteiger partial charge in [0.15, 0.2) is 0 Å². The van der Waals surface area contributed by atoms with Crippen molar-refractivity contribution in [3.63, 3.8) is 0 Å². The molecular weight excluding hydrogens is 264 g/mol. The lowest BCUT2D eigenvalue weighted by molar-refractivity contribution is -0.160. The summed E-state index contributed by atoms with van der Waals surface area (Å²) < 4.78 is 0. The average molecular weight is 296 g/mol. The van der Waals surface area contributed by atoms with Gasteiger partial charge in [-0.05, 0) is 24.2 Å². The summed E-state index contributed by atoms with van der Waals surface area (Å²) >= 11 is 0. The lowest BCUT2D eigenvalue weighted by Gasteiger charge is -2.49. The van der Waals surface area contributed by atoms with Crippen LogP contribution in [0.5, 0.6) is 0 Å². The first-order valence-corrected chi connectivity index (χ1v) is 8.03. The second-order valence-electron chi connectivity index (χ2n) is 8.46. The van der Waals surface area contributed by atoms with Gasteiger partial charge in [0.2, 0.25) is 11.8 Å². The molecule has 0 aromatic carbocycles. The monoisotopic (exact) mass is 296 g/mol. The molecule has 4 heteroatoms. The summed E-state index contributed by atoms with van der Waals surface area (Å²) in [5, 5.41) is 2.96. The summed E-state index contributed by atoms with van der Waals surface area (Å²) in [6.07, 6.45) is 1.92. The summed E-state index contributed by atoms with van der Waals surface area (Å²) in [4.78, 5) is 27.5. The van der Waals surface area contributed by atoms with Crippen molar-refractivity contribution < 1.29 is 9.59 Å². The quantitative estimate of drug-likeness (QED) is 0.870. The van der Waals surface area contributed by atoms with E-state index in [1.165, 1.54) is 0 Å². The van der Waals surface area contributed by atoms with E-state index in [4.69, 9.17) is 0 Å². The number of rotatable bonds is 3. The molecule has 3 atom stereocenters. The van der Waals surface area contributed by atoms with Crippen molar-refractivity contribution in [3.8, 4) is 0 Å². The Morgan fingerprint density at radius 2 is 1.62 bits per heavy atom. The third-order valence-electron chi connectivity index (χ3n) is 4.18. The Hall–Kier alpha value is -1.06. The van der Waals surface area contributed by atoms with Gasteiger partial charge in [0, 0.05) is 6.04 Å². The number of carbonyl (C=O) groups excluding carboxylic acids is 2. The van der Waals surface area contributed by atoms with Crippen molar-refractivity contribution in [2.75, 3.05) is 0 Å². The molecule has 0 aromatic heterocycles. The van der Waals surface area contributed by atoms with Crippen molar-refractivity contribution in [1.82, 2.24) is 10.2 Å². The molecule has 3 unspecified atom stereocenters. The van der Waals surface area contributed by atoms with Gasteiger partial charge in [0.25, 0.3) is 0 Å². The fraction of sp³-hybridized carbons (Fsp3) is 0.882. The van der Waals surface area contributed by atoms with Crippen LogP contribution in [0.3, 0.4) is 0 Å². The largest absolute Gasteiger partial charge is 0.342 e. The molecule has 0 radical (unpaired) electrons. The number of piperazine rings is 1. The lowest BCUT2D eigenvalue weighted by Crippen LogP contribution is -2.70. The van der Waals surface area contributed by atoms with Gasteiger partial charge in [0.05, 0.1) is 0 Å². The van der Waals surface area contributed by atoms with Crippen LogP contribution in [0.25, 0.3) is 0 Å². The average Bonchev–Trinajstić information content (AvgIpc) is 2.28. The molecule has 0 aliphatic carbocycles. The highest BCUT2D eigenvalue weighted by atomic mass is 16.2. The minimum atomic E-state index is -0.442. The van der Waals surface area contributed by atoms with Gasteiger partial charge in [-0.3, -0.25) is 9.59 Å². The number of hydrogen-bond donors (Lipinski definition) is 1. The van der Waals surface area contributed by atoms with Crippen molar-refractivity contribution in [2.24, 2.45) is 10.8 Å². The van der Waals surface area contributed by atoms with Crippen molar-refractivity contribution in [3.05, 3.63) is 0 Å². The Morgan fingerprint density at radius 1 is 1.10 bits per heavy atom. The van der Waals surface area contributed by atoms with Crippen LogP contribution in [0.1, 0.15) is 68.2 Å². The van der Waals surface area contributed by atoms with Gasteiger partial charge in [-0.25, -0.2) is 0 Å². The zero-order chi connectivity index (χ0) is 16.6. The Morgan fingerprint density at radius 3 is 2.00 bits per heavy atom. The van der Waals surface area contributed by atoms with Gasteiger partial charge in [-0.2, -0.15) is 0 Å². The van der Waals surface area contributed by atoms with Gasteiger partial charge in [0.1, 0.15) is 12.1 Å². The molecule has 0 bridgehead atoms. The van der Waals surface area contributed by atoms with E-state index in [9.17, 15) is 9.59 Å². The maximum absolute atomic E-state index is 13.0. The molecule has 0 spiro atoms. The zero-order valence-electron chi connectivity index (χ0n) is 14.9. The minimum absolute atomic E-state index is 0.0232. The topological polar surface area (TPSA) is 49.4 Å². The van der Waals surface area contributed by atoms with E-state index in [1.807, 2.05) is 46.4 Å². The van der Waals surface area contributed by atoms with Crippen LogP contribution in [0.2, 0.25) is 0 Å². The number of carbonyl (C=O) groups is 2. The molecule has 0 aromatic rings. The van der Waals surface area contributed by atoms with Crippen LogP contribution in [-0.2, 0) is 9.59 Å². The number of hydrogen-bond acceptors (Lipinski definition) is 2. The van der Waals surface area contributed by atoms with E-state index >= 15 is 0 Å². The van der Waals surface area contributed by atoms with Crippen LogP contribution in [0, 0.1) is 10.8 Å². The second kappa shape index (κ2) is 5.98. The summed E-state index contributed by atoms with van der Waals surface area (Å²) in [7, 11) is 0. The SMILES string of the molecule is CCCC(C)N1C(=O)C(C(C)(C)C)NC(=O)C1C(C)(C)C. The van der Waals surface area contributed by atoms with Gasteiger partial charge >= 0.3 is 0 Å². The molecule has 4 nitrogen and oxygen atoms in total. The Kier molecular flexibility index (Phi) is 5.12. The molecule has 0 saturated carbocycles. The summed E-state index contributed by atoms with van der Waals surface area (Å²) in [5.41, 5.74) is -0.551. The van der Waals surface area contributed by atoms with E-state index in [0.29, 0.717) is 0 Å². The predicted molar refractivity (Wildman–Crippen MR) is 85.8 cm³/mol. The third-order valence-corrected chi connectivity index (χ3v) is 4.18. The van der Waals surface area contributed by atoms with E-state index in [0.717, 1.165) is 12.8 Å². The normalized spacial score (nSPS) is 25.8. The molecule has 1 aliphatic heterocycles. The fourth-order valence-electron chi connectivity index (χ4n) is 3.11. The Balaban J connectivity index is 3.24. The minimum Gasteiger partial charge on any atom is -0.342 e. The van der Waals surface area contributed by atoms with Crippen LogP contribution in [-0.4, -0.2) is 34.8 Å². The van der Waals surface area contributed by atoms with Gasteiger partial charge < -0.3 is 10.2 Å². The fourth-order valence-corrected chi connectivity index (χ4v) is 3.11. The van der Waals surface area contributed by atoms with Gasteiger partial charge in [-0.15, -0.1) is 0 Å². The molecule has 1 rings (SSSR count). The molecular formula is C17H32N2O2. The van der Waals surface area contributed by atoms with Crippen molar-refractivity contribution in [1.29, 1.82) is 0 Å². The van der Waals surface area contributed by atoms with E-state index in [2.05, 4.69) is 19.2 Å². The molecule has 21 heavy (non-hydrogen) atoms. The first-order valence-electron chi connectivity index (χ1n) is 8.03. The van der Waals surface area contributed by atoms with Crippen LogP contribution in [0.15, 0.2) is 0 Å². The molecule has 1 N–H and O–H groups in total.